The molecule has 0 fully saturated rings. The fourth-order valence-electron chi connectivity index (χ4n) is 5.05. The summed E-state index contributed by atoms with van der Waals surface area (Å²) in [4.78, 5) is 0. The lowest BCUT2D eigenvalue weighted by Crippen LogP contribution is -2.10. The first-order chi connectivity index (χ1) is 19.7. The van der Waals surface area contributed by atoms with Gasteiger partial charge in [-0.3, -0.25) is 0 Å². The minimum absolute atomic E-state index is 0.237. The molecule has 0 aliphatic heterocycles. The van der Waals surface area contributed by atoms with Crippen LogP contribution in [0.3, 0.4) is 0 Å². The molecule has 3 heteroatoms. The highest BCUT2D eigenvalue weighted by atomic mass is 16.5. The first-order valence-electron chi connectivity index (χ1n) is 13.8. The summed E-state index contributed by atoms with van der Waals surface area (Å²) >= 11 is 0. The Labute approximate surface area is 236 Å². The Hall–Kier alpha value is -4.60. The van der Waals surface area contributed by atoms with E-state index in [-0.39, 0.29) is 11.9 Å². The van der Waals surface area contributed by atoms with Crippen molar-refractivity contribution in [3.8, 4) is 22.6 Å². The Kier molecular flexibility index (Phi) is 8.75. The third kappa shape index (κ3) is 5.85. The molecule has 6 rings (SSSR count). The monoisotopic (exact) mass is 526 g/mol. The van der Waals surface area contributed by atoms with Crippen LogP contribution in [-0.4, -0.2) is 18.3 Å². The highest BCUT2D eigenvalue weighted by Gasteiger charge is 2.22. The second kappa shape index (κ2) is 13.0. The quantitative estimate of drug-likeness (QED) is 0.225. The molecule has 6 aromatic carbocycles. The number of benzene rings is 6. The van der Waals surface area contributed by atoms with Gasteiger partial charge in [-0.25, -0.2) is 0 Å². The average Bonchev–Trinajstić information content (AvgIpc) is 3.01. The van der Waals surface area contributed by atoms with E-state index in [1.54, 1.807) is 6.07 Å². The summed E-state index contributed by atoms with van der Waals surface area (Å²) in [6.07, 6.45) is -0.297. The van der Waals surface area contributed by atoms with E-state index in [1.807, 2.05) is 86.6 Å². The van der Waals surface area contributed by atoms with Crippen LogP contribution in [0.2, 0.25) is 0 Å². The highest BCUT2D eigenvalue weighted by molar-refractivity contribution is 6.09. The molecular weight excluding hydrogens is 492 g/mol. The predicted molar refractivity (Wildman–Crippen MR) is 166 cm³/mol. The van der Waals surface area contributed by atoms with Gasteiger partial charge in [-0.2, -0.15) is 0 Å². The molecule has 0 spiro atoms. The van der Waals surface area contributed by atoms with Crippen LogP contribution in [0.1, 0.15) is 31.1 Å². The number of hydrogen-bond acceptors (Lipinski definition) is 3. The van der Waals surface area contributed by atoms with Crippen LogP contribution in [0, 0.1) is 0 Å². The van der Waals surface area contributed by atoms with E-state index in [2.05, 4.69) is 54.6 Å². The van der Waals surface area contributed by atoms with Gasteiger partial charge in [0.15, 0.2) is 0 Å². The second-order valence-corrected chi connectivity index (χ2v) is 9.44. The summed E-state index contributed by atoms with van der Waals surface area (Å²) in [5.41, 5.74) is 3.82. The van der Waals surface area contributed by atoms with Crippen molar-refractivity contribution in [3.63, 3.8) is 0 Å². The number of rotatable bonds is 7. The van der Waals surface area contributed by atoms with Gasteiger partial charge >= 0.3 is 0 Å². The molecule has 40 heavy (non-hydrogen) atoms. The van der Waals surface area contributed by atoms with Crippen molar-refractivity contribution >= 4 is 21.5 Å². The van der Waals surface area contributed by atoms with Gasteiger partial charge in [-0.15, -0.1) is 0 Å². The van der Waals surface area contributed by atoms with E-state index in [1.165, 1.54) is 0 Å². The van der Waals surface area contributed by atoms with Crippen molar-refractivity contribution in [2.24, 2.45) is 0 Å². The molecule has 6 aromatic rings. The van der Waals surface area contributed by atoms with Crippen molar-refractivity contribution < 1.29 is 14.6 Å². The van der Waals surface area contributed by atoms with Crippen molar-refractivity contribution in [2.45, 2.75) is 20.0 Å². The van der Waals surface area contributed by atoms with Gasteiger partial charge in [0.05, 0.1) is 0 Å². The maximum Gasteiger partial charge on any atom is 0.149 e. The van der Waals surface area contributed by atoms with Gasteiger partial charge in [0, 0.05) is 24.3 Å². The van der Waals surface area contributed by atoms with E-state index in [0.29, 0.717) is 0 Å². The molecule has 0 saturated heterocycles. The number of ether oxygens (including phenoxy) is 2. The SMILES string of the molecule is CCOCC.Oc1ccc2ccccc2c1-c1c(OC(c2ccccc2)c2ccccc2)ccc2ccccc12. The Bertz CT molecular complexity index is 1640. The number of fused-ring (bicyclic) bond motifs is 2. The summed E-state index contributed by atoms with van der Waals surface area (Å²) in [6, 6.07) is 44.8. The van der Waals surface area contributed by atoms with Crippen LogP contribution in [0.15, 0.2) is 133 Å². The minimum Gasteiger partial charge on any atom is -0.507 e. The lowest BCUT2D eigenvalue weighted by molar-refractivity contribution is 0.162. The van der Waals surface area contributed by atoms with Crippen LogP contribution in [0.5, 0.6) is 11.5 Å². The second-order valence-electron chi connectivity index (χ2n) is 9.44. The van der Waals surface area contributed by atoms with Crippen molar-refractivity contribution in [1.29, 1.82) is 0 Å². The molecule has 0 saturated carbocycles. The molecule has 0 unspecified atom stereocenters. The summed E-state index contributed by atoms with van der Waals surface area (Å²) in [6.45, 7) is 5.67. The fourth-order valence-corrected chi connectivity index (χ4v) is 5.05. The Morgan fingerprint density at radius 2 is 1.00 bits per heavy atom. The Morgan fingerprint density at radius 3 is 1.52 bits per heavy atom. The van der Waals surface area contributed by atoms with Crippen LogP contribution in [0.4, 0.5) is 0 Å². The number of aromatic hydroxyl groups is 1. The zero-order valence-corrected chi connectivity index (χ0v) is 23.0. The number of phenolic OH excluding ortho intramolecular Hbond substituents is 1. The molecule has 0 bridgehead atoms. The fraction of sp³-hybridized carbons (Fsp3) is 0.135. The van der Waals surface area contributed by atoms with Gasteiger partial charge in [-0.05, 0) is 58.7 Å². The van der Waals surface area contributed by atoms with Crippen LogP contribution in [0.25, 0.3) is 32.7 Å². The van der Waals surface area contributed by atoms with Gasteiger partial charge in [-0.1, -0.05) is 121 Å². The summed E-state index contributed by atoms with van der Waals surface area (Å²) in [7, 11) is 0. The van der Waals surface area contributed by atoms with Gasteiger partial charge in [0.2, 0.25) is 0 Å². The van der Waals surface area contributed by atoms with Crippen LogP contribution >= 0.6 is 0 Å². The largest absolute Gasteiger partial charge is 0.507 e. The molecule has 200 valence electrons. The maximum absolute atomic E-state index is 11.2. The molecule has 1 N–H and O–H groups in total. The molecule has 0 heterocycles. The Balaban J connectivity index is 0.000000595. The summed E-state index contributed by atoms with van der Waals surface area (Å²) in [5.74, 6) is 0.967. The van der Waals surface area contributed by atoms with Gasteiger partial charge < -0.3 is 14.6 Å². The molecule has 0 aliphatic rings. The van der Waals surface area contributed by atoms with Gasteiger partial charge in [0.25, 0.3) is 0 Å². The maximum atomic E-state index is 11.2. The predicted octanol–water partition coefficient (Wildman–Crippen LogP) is 9.58. The molecule has 3 nitrogen and oxygen atoms in total. The van der Waals surface area contributed by atoms with Crippen LogP contribution in [-0.2, 0) is 4.74 Å². The zero-order valence-electron chi connectivity index (χ0n) is 23.0. The average molecular weight is 527 g/mol. The van der Waals surface area contributed by atoms with Crippen molar-refractivity contribution in [3.05, 3.63) is 145 Å². The smallest absolute Gasteiger partial charge is 0.149 e. The van der Waals surface area contributed by atoms with Gasteiger partial charge in [0.1, 0.15) is 17.6 Å². The lowest BCUT2D eigenvalue weighted by Gasteiger charge is -2.24. The minimum atomic E-state index is -0.297. The molecular formula is C37H34O3. The molecule has 0 aliphatic carbocycles. The molecule has 0 aromatic heterocycles. The van der Waals surface area contributed by atoms with Crippen molar-refractivity contribution in [2.75, 3.05) is 13.2 Å². The first-order valence-corrected chi connectivity index (χ1v) is 13.8. The van der Waals surface area contributed by atoms with E-state index in [0.717, 1.165) is 62.8 Å². The summed E-state index contributed by atoms with van der Waals surface area (Å²) < 4.78 is 11.7. The normalized spacial score (nSPS) is 10.9. The van der Waals surface area contributed by atoms with Crippen molar-refractivity contribution in [1.82, 2.24) is 0 Å². The van der Waals surface area contributed by atoms with E-state index >= 15 is 0 Å². The standard InChI is InChI=1S/C33H24O2.C4H10O/c34-29-21-19-23-11-7-9-17-27(23)31(29)32-28-18-10-8-12-24(28)20-22-30(32)35-33(25-13-3-1-4-14-25)26-15-5-2-6-16-26;1-3-5-4-2/h1-22,33-34H;3-4H2,1-2H3. The highest BCUT2D eigenvalue weighted by Crippen LogP contribution is 2.46. The lowest BCUT2D eigenvalue weighted by atomic mass is 9.92. The van der Waals surface area contributed by atoms with E-state index in [9.17, 15) is 5.11 Å². The van der Waals surface area contributed by atoms with E-state index in [4.69, 9.17) is 9.47 Å². The third-order valence-electron chi connectivity index (χ3n) is 6.91. The first kappa shape index (κ1) is 27.0. The summed E-state index contributed by atoms with van der Waals surface area (Å²) in [5, 5.41) is 15.4. The zero-order chi connectivity index (χ0) is 27.7. The number of phenols is 1. The topological polar surface area (TPSA) is 38.7 Å². The number of hydrogen-bond donors (Lipinski definition) is 1. The third-order valence-corrected chi connectivity index (χ3v) is 6.91. The van der Waals surface area contributed by atoms with Crippen LogP contribution < -0.4 is 4.74 Å². The van der Waals surface area contributed by atoms with E-state index < -0.39 is 0 Å². The Morgan fingerprint density at radius 1 is 0.525 bits per heavy atom. The molecule has 0 amide bonds. The molecule has 0 atom stereocenters. The molecule has 0 radical (unpaired) electrons.